The van der Waals surface area contributed by atoms with E-state index in [1.807, 2.05) is 7.05 Å². The molecule has 0 radical (unpaired) electrons. The van der Waals surface area contributed by atoms with E-state index in [-0.39, 0.29) is 0 Å². The number of likely N-dealkylation sites (tertiary alicyclic amines) is 2. The fourth-order valence-electron chi connectivity index (χ4n) is 3.59. The molecule has 0 saturated carbocycles. The molecule has 2 saturated heterocycles. The van der Waals surface area contributed by atoms with Gasteiger partial charge < -0.3 is 20.0 Å². The van der Waals surface area contributed by atoms with E-state index in [1.54, 1.807) is 0 Å². The van der Waals surface area contributed by atoms with Crippen LogP contribution in [-0.4, -0.2) is 82.4 Å². The van der Waals surface area contributed by atoms with Crippen LogP contribution in [-0.2, 0) is 0 Å². The highest BCUT2D eigenvalue weighted by Gasteiger charge is 2.28. The number of nitrogens with one attached hydrogen (secondary N) is 2. The Morgan fingerprint density at radius 3 is 2.25 bits per heavy atom. The monoisotopic (exact) mass is 283 g/mol. The number of piperidine rings is 2. The lowest BCUT2D eigenvalue weighted by molar-refractivity contribution is -0.896. The maximum absolute atomic E-state index is 3.67. The molecule has 0 atom stereocenters. The fourth-order valence-corrected chi connectivity index (χ4v) is 3.59. The number of quaternary nitrogens is 1. The first kappa shape index (κ1) is 16.2. The molecule has 0 bridgehead atoms. The van der Waals surface area contributed by atoms with Gasteiger partial charge in [0.2, 0.25) is 0 Å². The van der Waals surface area contributed by atoms with Gasteiger partial charge in [0.15, 0.2) is 0 Å². The molecule has 4 heteroatoms. The third-order valence-corrected chi connectivity index (χ3v) is 5.20. The average Bonchev–Trinajstić information content (AvgIpc) is 2.43. The summed E-state index contributed by atoms with van der Waals surface area (Å²) in [6.45, 7) is 8.87. The number of hydrogen-bond donors (Lipinski definition) is 2. The minimum absolute atomic E-state index is 0.751. The van der Waals surface area contributed by atoms with E-state index in [2.05, 4.69) is 29.6 Å². The summed E-state index contributed by atoms with van der Waals surface area (Å²) in [6.07, 6.45) is 5.51. The van der Waals surface area contributed by atoms with Crippen LogP contribution in [0.5, 0.6) is 0 Å². The van der Waals surface area contributed by atoms with Crippen LogP contribution in [0.1, 0.15) is 25.7 Å². The number of hydrogen-bond acceptors (Lipinski definition) is 3. The van der Waals surface area contributed by atoms with E-state index in [4.69, 9.17) is 0 Å². The summed E-state index contributed by atoms with van der Waals surface area (Å²) in [6, 6.07) is 0.751. The topological polar surface area (TPSA) is 27.3 Å². The molecule has 2 fully saturated rings. The van der Waals surface area contributed by atoms with Crippen molar-refractivity contribution in [2.75, 3.05) is 67.0 Å². The summed E-state index contributed by atoms with van der Waals surface area (Å²) in [5, 5.41) is 6.87. The number of likely N-dealkylation sites (N-methyl/N-ethyl adjacent to an activating group) is 1. The van der Waals surface area contributed by atoms with Crippen molar-refractivity contribution in [1.29, 1.82) is 0 Å². The molecular weight excluding hydrogens is 248 g/mol. The Bertz CT molecular complexity index is 262. The van der Waals surface area contributed by atoms with Crippen LogP contribution in [0.15, 0.2) is 0 Å². The lowest BCUT2D eigenvalue weighted by Crippen LogP contribution is -2.49. The molecule has 0 aromatic carbocycles. The Kier molecular flexibility index (Phi) is 6.27. The van der Waals surface area contributed by atoms with Gasteiger partial charge in [-0.3, -0.25) is 0 Å². The van der Waals surface area contributed by atoms with Gasteiger partial charge in [0.1, 0.15) is 0 Å². The molecule has 118 valence electrons. The largest absolute Gasteiger partial charge is 0.328 e. The van der Waals surface area contributed by atoms with E-state index < -0.39 is 0 Å². The Hall–Kier alpha value is -0.160. The van der Waals surface area contributed by atoms with Gasteiger partial charge in [-0.2, -0.15) is 0 Å². The van der Waals surface area contributed by atoms with Gasteiger partial charge in [-0.1, -0.05) is 0 Å². The van der Waals surface area contributed by atoms with Crippen molar-refractivity contribution in [3.8, 4) is 0 Å². The lowest BCUT2D eigenvalue weighted by Gasteiger charge is -2.40. The zero-order valence-corrected chi connectivity index (χ0v) is 13.8. The van der Waals surface area contributed by atoms with Gasteiger partial charge in [-0.15, -0.1) is 0 Å². The Morgan fingerprint density at radius 2 is 1.65 bits per heavy atom. The number of nitrogens with zero attached hydrogens (tertiary/aromatic N) is 2. The second-order valence-corrected chi connectivity index (χ2v) is 7.46. The smallest absolute Gasteiger partial charge is 0.0785 e. The summed E-state index contributed by atoms with van der Waals surface area (Å²) in [5.41, 5.74) is 0. The molecule has 0 spiro atoms. The predicted molar refractivity (Wildman–Crippen MR) is 86.0 cm³/mol. The molecule has 2 aliphatic heterocycles. The summed E-state index contributed by atoms with van der Waals surface area (Å²) >= 11 is 0. The maximum atomic E-state index is 3.67. The molecule has 0 aliphatic carbocycles. The van der Waals surface area contributed by atoms with Crippen molar-refractivity contribution in [3.05, 3.63) is 0 Å². The quantitative estimate of drug-likeness (QED) is 0.556. The van der Waals surface area contributed by atoms with E-state index in [1.165, 1.54) is 62.9 Å². The molecule has 2 N–H and O–H groups in total. The van der Waals surface area contributed by atoms with Crippen LogP contribution in [0.3, 0.4) is 0 Å². The molecule has 0 amide bonds. The number of rotatable bonds is 6. The molecule has 0 aromatic heterocycles. The van der Waals surface area contributed by atoms with Crippen molar-refractivity contribution in [2.24, 2.45) is 5.92 Å². The molecule has 20 heavy (non-hydrogen) atoms. The maximum Gasteiger partial charge on any atom is 0.0785 e. The second-order valence-electron chi connectivity index (χ2n) is 7.46. The molecule has 2 heterocycles. The Balaban J connectivity index is 1.60. The highest BCUT2D eigenvalue weighted by Crippen LogP contribution is 2.22. The third-order valence-electron chi connectivity index (χ3n) is 5.20. The summed E-state index contributed by atoms with van der Waals surface area (Å²) in [5.74, 6) is 0.954. The average molecular weight is 283 g/mol. The van der Waals surface area contributed by atoms with Crippen LogP contribution in [0.4, 0.5) is 0 Å². The van der Waals surface area contributed by atoms with E-state index in [0.717, 1.165) is 25.0 Å². The highest BCUT2D eigenvalue weighted by atomic mass is 15.3. The van der Waals surface area contributed by atoms with Crippen molar-refractivity contribution in [1.82, 2.24) is 15.5 Å². The van der Waals surface area contributed by atoms with Gasteiger partial charge in [-0.25, -0.2) is 0 Å². The molecule has 2 aliphatic rings. The van der Waals surface area contributed by atoms with Crippen LogP contribution in [0.25, 0.3) is 0 Å². The first-order valence-corrected chi connectivity index (χ1v) is 8.51. The van der Waals surface area contributed by atoms with Crippen molar-refractivity contribution < 1.29 is 4.48 Å². The van der Waals surface area contributed by atoms with E-state index >= 15 is 0 Å². The Morgan fingerprint density at radius 1 is 1.00 bits per heavy atom. The van der Waals surface area contributed by atoms with Gasteiger partial charge >= 0.3 is 0 Å². The van der Waals surface area contributed by atoms with E-state index in [0.29, 0.717) is 0 Å². The third kappa shape index (κ3) is 5.32. The SMILES string of the molecule is CNCCNC1CCN(CC2CC[N+](C)(C)CC2)CC1. The normalized spacial score (nSPS) is 25.9. The second kappa shape index (κ2) is 7.74. The first-order valence-electron chi connectivity index (χ1n) is 8.51. The van der Waals surface area contributed by atoms with Crippen LogP contribution in [0.2, 0.25) is 0 Å². The van der Waals surface area contributed by atoms with Gasteiger partial charge in [0, 0.05) is 38.5 Å². The fraction of sp³-hybridized carbons (Fsp3) is 1.00. The minimum Gasteiger partial charge on any atom is -0.328 e. The highest BCUT2D eigenvalue weighted by molar-refractivity contribution is 4.79. The van der Waals surface area contributed by atoms with Gasteiger partial charge in [-0.05, 0) is 38.9 Å². The van der Waals surface area contributed by atoms with Gasteiger partial charge in [0.05, 0.1) is 27.2 Å². The Labute approximate surface area is 125 Å². The standard InChI is InChI=1S/C16H35N4/c1-17-8-9-18-16-4-10-19(11-5-16)14-15-6-12-20(2,3)13-7-15/h15-18H,4-14H2,1-3H3/q+1. The molecule has 4 nitrogen and oxygen atoms in total. The summed E-state index contributed by atoms with van der Waals surface area (Å²) in [4.78, 5) is 2.71. The van der Waals surface area contributed by atoms with Crippen LogP contribution < -0.4 is 10.6 Å². The van der Waals surface area contributed by atoms with Crippen molar-refractivity contribution in [3.63, 3.8) is 0 Å². The van der Waals surface area contributed by atoms with Crippen LogP contribution in [0, 0.1) is 5.92 Å². The minimum atomic E-state index is 0.751. The molecule has 0 unspecified atom stereocenters. The molecule has 2 rings (SSSR count). The van der Waals surface area contributed by atoms with Crippen LogP contribution >= 0.6 is 0 Å². The van der Waals surface area contributed by atoms with Gasteiger partial charge in [0.25, 0.3) is 0 Å². The van der Waals surface area contributed by atoms with Crippen molar-refractivity contribution in [2.45, 2.75) is 31.7 Å². The lowest BCUT2D eigenvalue weighted by atomic mass is 9.94. The zero-order chi connectivity index (χ0) is 14.4. The zero-order valence-electron chi connectivity index (χ0n) is 13.8. The molecule has 0 aromatic rings. The van der Waals surface area contributed by atoms with E-state index in [9.17, 15) is 0 Å². The summed E-state index contributed by atoms with van der Waals surface area (Å²) < 4.78 is 1.23. The first-order chi connectivity index (χ1) is 9.59. The molecular formula is C16H35N4+. The summed E-state index contributed by atoms with van der Waals surface area (Å²) in [7, 11) is 6.77. The predicted octanol–water partition coefficient (Wildman–Crippen LogP) is 0.746. The van der Waals surface area contributed by atoms with Crippen molar-refractivity contribution >= 4 is 0 Å².